The zero-order valence-corrected chi connectivity index (χ0v) is 17.6. The van der Waals surface area contributed by atoms with Crippen molar-refractivity contribution in [3.63, 3.8) is 0 Å². The molecular formula is C19H30N2O3S2. The van der Waals surface area contributed by atoms with E-state index >= 15 is 0 Å². The molecule has 0 unspecified atom stereocenters. The normalized spacial score (nSPS) is 21.0. The molecule has 0 radical (unpaired) electrons. The number of benzene rings is 1. The highest BCUT2D eigenvalue weighted by atomic mass is 32.2. The molecule has 0 spiro atoms. The minimum atomic E-state index is -3.53. The molecular weight excluding hydrogens is 368 g/mol. The Morgan fingerprint density at radius 3 is 2.27 bits per heavy atom. The van der Waals surface area contributed by atoms with Crippen molar-refractivity contribution in [1.29, 1.82) is 0 Å². The summed E-state index contributed by atoms with van der Waals surface area (Å²) in [6, 6.07) is 3.40. The molecule has 1 N–H and O–H groups in total. The van der Waals surface area contributed by atoms with Crippen LogP contribution in [0.4, 0.5) is 0 Å². The summed E-state index contributed by atoms with van der Waals surface area (Å²) in [7, 11) is -1.92. The van der Waals surface area contributed by atoms with Crippen LogP contribution in [0.5, 0.6) is 5.75 Å². The molecule has 0 bridgehead atoms. The summed E-state index contributed by atoms with van der Waals surface area (Å²) in [6.45, 7) is 6.40. The highest BCUT2D eigenvalue weighted by Crippen LogP contribution is 2.36. The van der Waals surface area contributed by atoms with Gasteiger partial charge < -0.3 is 4.74 Å². The molecule has 1 heterocycles. The van der Waals surface area contributed by atoms with Gasteiger partial charge in [-0.3, -0.25) is 4.90 Å². The van der Waals surface area contributed by atoms with E-state index in [1.54, 1.807) is 19.2 Å². The van der Waals surface area contributed by atoms with Crippen LogP contribution in [-0.4, -0.2) is 57.1 Å². The summed E-state index contributed by atoms with van der Waals surface area (Å²) in [5.41, 5.74) is 1.68. The summed E-state index contributed by atoms with van der Waals surface area (Å²) in [5.74, 6) is 3.04. The van der Waals surface area contributed by atoms with Crippen LogP contribution in [0.15, 0.2) is 17.0 Å². The fraction of sp³-hybridized carbons (Fsp3) is 0.684. The van der Waals surface area contributed by atoms with Crippen LogP contribution in [0.3, 0.4) is 0 Å². The van der Waals surface area contributed by atoms with Gasteiger partial charge in [0, 0.05) is 36.7 Å². The number of rotatable bonds is 6. The first-order valence-corrected chi connectivity index (χ1v) is 12.0. The predicted molar refractivity (Wildman–Crippen MR) is 108 cm³/mol. The number of aryl methyl sites for hydroxylation is 2. The van der Waals surface area contributed by atoms with Crippen LogP contribution in [0.1, 0.15) is 36.8 Å². The SMILES string of the molecule is COc1c(C)cc(S(=O)(=O)NCC2(N3CCSCC3)CCCC2)cc1C. The van der Waals surface area contributed by atoms with Gasteiger partial charge in [-0.2, -0.15) is 11.8 Å². The van der Waals surface area contributed by atoms with Crippen LogP contribution in [0.2, 0.25) is 0 Å². The molecule has 26 heavy (non-hydrogen) atoms. The molecule has 146 valence electrons. The molecule has 5 nitrogen and oxygen atoms in total. The van der Waals surface area contributed by atoms with Crippen molar-refractivity contribution >= 4 is 21.8 Å². The van der Waals surface area contributed by atoms with Gasteiger partial charge >= 0.3 is 0 Å². The van der Waals surface area contributed by atoms with Crippen LogP contribution in [0, 0.1) is 13.8 Å². The Morgan fingerprint density at radius 2 is 1.73 bits per heavy atom. The van der Waals surface area contributed by atoms with Gasteiger partial charge in [0.05, 0.1) is 12.0 Å². The van der Waals surface area contributed by atoms with E-state index in [9.17, 15) is 8.42 Å². The molecule has 0 aromatic heterocycles. The third kappa shape index (κ3) is 4.06. The average Bonchev–Trinajstić information content (AvgIpc) is 3.11. The molecule has 1 saturated heterocycles. The maximum Gasteiger partial charge on any atom is 0.240 e. The molecule has 2 fully saturated rings. The van der Waals surface area contributed by atoms with Crippen LogP contribution in [0.25, 0.3) is 0 Å². The number of nitrogens with one attached hydrogen (secondary N) is 1. The molecule has 1 aliphatic heterocycles. The summed E-state index contributed by atoms with van der Waals surface area (Å²) >= 11 is 1.99. The van der Waals surface area contributed by atoms with Gasteiger partial charge in [-0.05, 0) is 49.9 Å². The Labute approximate surface area is 161 Å². The predicted octanol–water partition coefficient (Wildman–Crippen LogP) is 2.95. The minimum absolute atomic E-state index is 0.00932. The van der Waals surface area contributed by atoms with Crippen LogP contribution in [-0.2, 0) is 10.0 Å². The second kappa shape index (κ2) is 8.09. The van der Waals surface area contributed by atoms with E-state index in [1.807, 2.05) is 25.6 Å². The van der Waals surface area contributed by atoms with Gasteiger partial charge in [0.2, 0.25) is 10.0 Å². The molecule has 1 aromatic carbocycles. The van der Waals surface area contributed by atoms with Crippen molar-refractivity contribution in [2.24, 2.45) is 0 Å². The maximum absolute atomic E-state index is 12.9. The second-order valence-corrected chi connectivity index (χ2v) is 10.4. The van der Waals surface area contributed by atoms with Crippen molar-refractivity contribution in [2.75, 3.05) is 38.2 Å². The van der Waals surface area contributed by atoms with E-state index in [-0.39, 0.29) is 5.54 Å². The first-order valence-electron chi connectivity index (χ1n) is 9.36. The lowest BCUT2D eigenvalue weighted by atomic mass is 9.95. The molecule has 1 saturated carbocycles. The van der Waals surface area contributed by atoms with Gasteiger partial charge in [0.15, 0.2) is 0 Å². The quantitative estimate of drug-likeness (QED) is 0.798. The van der Waals surface area contributed by atoms with Gasteiger partial charge in [-0.15, -0.1) is 0 Å². The lowest BCUT2D eigenvalue weighted by Crippen LogP contribution is -2.56. The van der Waals surface area contributed by atoms with Crippen molar-refractivity contribution in [3.05, 3.63) is 23.3 Å². The average molecular weight is 399 g/mol. The van der Waals surface area contributed by atoms with Crippen molar-refractivity contribution in [2.45, 2.75) is 50.0 Å². The number of hydrogen-bond donors (Lipinski definition) is 1. The van der Waals surface area contributed by atoms with Crippen molar-refractivity contribution in [3.8, 4) is 5.75 Å². The van der Waals surface area contributed by atoms with E-state index in [0.29, 0.717) is 11.4 Å². The molecule has 2 aliphatic rings. The van der Waals surface area contributed by atoms with E-state index in [4.69, 9.17) is 4.74 Å². The van der Waals surface area contributed by atoms with Gasteiger partial charge in [0.1, 0.15) is 5.75 Å². The molecule has 0 atom stereocenters. The lowest BCUT2D eigenvalue weighted by molar-refractivity contribution is 0.108. The van der Waals surface area contributed by atoms with Gasteiger partial charge in [-0.25, -0.2) is 13.1 Å². The smallest absolute Gasteiger partial charge is 0.240 e. The summed E-state index contributed by atoms with van der Waals surface area (Å²) in [6.07, 6.45) is 4.54. The third-order valence-corrected chi connectivity index (χ3v) is 8.08. The highest BCUT2D eigenvalue weighted by Gasteiger charge is 2.40. The molecule has 1 aromatic rings. The Balaban J connectivity index is 1.78. The standard InChI is InChI=1S/C19H30N2O3S2/c1-15-12-17(13-16(2)18(15)24-3)26(22,23)20-14-19(6-4-5-7-19)21-8-10-25-11-9-21/h12-13,20H,4-11,14H2,1-3H3. The Morgan fingerprint density at radius 1 is 1.15 bits per heavy atom. The number of hydrogen-bond acceptors (Lipinski definition) is 5. The van der Waals surface area contributed by atoms with E-state index in [2.05, 4.69) is 9.62 Å². The Hall–Kier alpha value is -0.760. The first-order chi connectivity index (χ1) is 12.4. The Bertz CT molecular complexity index is 714. The lowest BCUT2D eigenvalue weighted by Gasteiger charge is -2.43. The number of sulfonamides is 1. The number of ether oxygens (including phenoxy) is 1. The van der Waals surface area contributed by atoms with Crippen LogP contribution >= 0.6 is 11.8 Å². The Kier molecular flexibility index (Phi) is 6.22. The molecule has 1 aliphatic carbocycles. The summed E-state index contributed by atoms with van der Waals surface area (Å²) in [4.78, 5) is 2.86. The third-order valence-electron chi connectivity index (χ3n) is 5.76. The monoisotopic (exact) mass is 398 g/mol. The second-order valence-electron chi connectivity index (χ2n) is 7.45. The number of thioether (sulfide) groups is 1. The fourth-order valence-electron chi connectivity index (χ4n) is 4.38. The van der Waals surface area contributed by atoms with E-state index in [0.717, 1.165) is 54.3 Å². The maximum atomic E-state index is 12.9. The summed E-state index contributed by atoms with van der Waals surface area (Å²) < 4.78 is 34.2. The molecule has 3 rings (SSSR count). The largest absolute Gasteiger partial charge is 0.496 e. The first kappa shape index (κ1) is 20.0. The summed E-state index contributed by atoms with van der Waals surface area (Å²) in [5, 5.41) is 0. The van der Waals surface area contributed by atoms with Gasteiger partial charge in [-0.1, -0.05) is 12.8 Å². The van der Waals surface area contributed by atoms with E-state index in [1.165, 1.54) is 12.8 Å². The number of methoxy groups -OCH3 is 1. The molecule has 0 amide bonds. The number of nitrogens with zero attached hydrogens (tertiary/aromatic N) is 1. The zero-order valence-electron chi connectivity index (χ0n) is 16.0. The fourth-order valence-corrected chi connectivity index (χ4v) is 6.57. The van der Waals surface area contributed by atoms with Crippen molar-refractivity contribution < 1.29 is 13.2 Å². The highest BCUT2D eigenvalue weighted by molar-refractivity contribution is 7.99. The topological polar surface area (TPSA) is 58.6 Å². The van der Waals surface area contributed by atoms with Crippen molar-refractivity contribution in [1.82, 2.24) is 9.62 Å². The van der Waals surface area contributed by atoms with Gasteiger partial charge in [0.25, 0.3) is 0 Å². The zero-order chi connectivity index (χ0) is 18.8. The van der Waals surface area contributed by atoms with Crippen LogP contribution < -0.4 is 9.46 Å². The minimum Gasteiger partial charge on any atom is -0.496 e. The van der Waals surface area contributed by atoms with E-state index < -0.39 is 10.0 Å². The molecule has 7 heteroatoms.